The SMILES string of the molecule is O=C(CCc1nc(-c2cccnc2)no1)NCc1ccccc1CO. The van der Waals surface area contributed by atoms with E-state index in [1.54, 1.807) is 18.5 Å². The lowest BCUT2D eigenvalue weighted by Gasteiger charge is -2.08. The largest absolute Gasteiger partial charge is 0.392 e. The number of carbonyl (C=O) groups is 1. The van der Waals surface area contributed by atoms with Gasteiger partial charge in [0.25, 0.3) is 0 Å². The van der Waals surface area contributed by atoms with Crippen LogP contribution in [0.3, 0.4) is 0 Å². The Kier molecular flexibility index (Phi) is 5.48. The molecular formula is C18H18N4O3. The van der Waals surface area contributed by atoms with Gasteiger partial charge in [-0.25, -0.2) is 0 Å². The van der Waals surface area contributed by atoms with E-state index in [2.05, 4.69) is 20.4 Å². The Labute approximate surface area is 144 Å². The van der Waals surface area contributed by atoms with E-state index in [0.29, 0.717) is 24.7 Å². The molecule has 1 aromatic carbocycles. The number of hydrogen-bond acceptors (Lipinski definition) is 6. The molecule has 0 atom stereocenters. The number of nitrogens with one attached hydrogen (secondary N) is 1. The van der Waals surface area contributed by atoms with E-state index in [0.717, 1.165) is 16.7 Å². The van der Waals surface area contributed by atoms with Crippen LogP contribution in [0, 0.1) is 0 Å². The average molecular weight is 338 g/mol. The summed E-state index contributed by atoms with van der Waals surface area (Å²) >= 11 is 0. The molecule has 128 valence electrons. The lowest BCUT2D eigenvalue weighted by Crippen LogP contribution is -2.23. The second-order valence-corrected chi connectivity index (χ2v) is 5.46. The van der Waals surface area contributed by atoms with E-state index in [1.165, 1.54) is 0 Å². The summed E-state index contributed by atoms with van der Waals surface area (Å²) in [5.74, 6) is 0.749. The zero-order valence-electron chi connectivity index (χ0n) is 13.6. The number of aromatic nitrogens is 3. The van der Waals surface area contributed by atoms with Crippen molar-refractivity contribution in [1.29, 1.82) is 0 Å². The molecule has 1 amide bonds. The second-order valence-electron chi connectivity index (χ2n) is 5.46. The van der Waals surface area contributed by atoms with E-state index in [-0.39, 0.29) is 18.9 Å². The molecule has 0 aliphatic heterocycles. The van der Waals surface area contributed by atoms with Crippen molar-refractivity contribution in [3.8, 4) is 11.4 Å². The first-order valence-corrected chi connectivity index (χ1v) is 7.93. The summed E-state index contributed by atoms with van der Waals surface area (Å²) in [7, 11) is 0. The molecule has 0 saturated carbocycles. The number of carbonyl (C=O) groups excluding carboxylic acids is 1. The molecule has 3 rings (SSSR count). The van der Waals surface area contributed by atoms with Crippen LogP contribution in [0.4, 0.5) is 0 Å². The third-order valence-electron chi connectivity index (χ3n) is 3.72. The highest BCUT2D eigenvalue weighted by Gasteiger charge is 2.11. The molecule has 0 spiro atoms. The Hall–Kier alpha value is -3.06. The average Bonchev–Trinajstić information content (AvgIpc) is 3.14. The highest BCUT2D eigenvalue weighted by molar-refractivity contribution is 5.76. The maximum Gasteiger partial charge on any atom is 0.227 e. The molecule has 7 heteroatoms. The molecule has 0 saturated heterocycles. The maximum atomic E-state index is 12.0. The Balaban J connectivity index is 1.50. The number of aliphatic hydroxyl groups excluding tert-OH is 1. The summed E-state index contributed by atoms with van der Waals surface area (Å²) in [6, 6.07) is 11.1. The van der Waals surface area contributed by atoms with E-state index in [4.69, 9.17) is 4.52 Å². The number of rotatable bonds is 7. The molecule has 2 N–H and O–H groups in total. The molecule has 0 fully saturated rings. The quantitative estimate of drug-likeness (QED) is 0.682. The molecule has 0 unspecified atom stereocenters. The van der Waals surface area contributed by atoms with Gasteiger partial charge in [0.1, 0.15) is 0 Å². The van der Waals surface area contributed by atoms with Gasteiger partial charge in [0, 0.05) is 37.3 Å². The van der Waals surface area contributed by atoms with E-state index >= 15 is 0 Å². The van der Waals surface area contributed by atoms with Gasteiger partial charge in [0.15, 0.2) is 0 Å². The molecule has 2 aromatic heterocycles. The van der Waals surface area contributed by atoms with Crippen molar-refractivity contribution in [2.24, 2.45) is 0 Å². The molecule has 0 aliphatic rings. The fraction of sp³-hybridized carbons (Fsp3) is 0.222. The summed E-state index contributed by atoms with van der Waals surface area (Å²) in [6.45, 7) is 0.325. The molecule has 0 aliphatic carbocycles. The number of benzene rings is 1. The first-order chi connectivity index (χ1) is 12.3. The third-order valence-corrected chi connectivity index (χ3v) is 3.72. The first kappa shape index (κ1) is 16.8. The fourth-order valence-electron chi connectivity index (χ4n) is 2.36. The van der Waals surface area contributed by atoms with Gasteiger partial charge in [-0.3, -0.25) is 9.78 Å². The molecule has 2 heterocycles. The number of nitrogens with zero attached hydrogens (tertiary/aromatic N) is 3. The van der Waals surface area contributed by atoms with Crippen LogP contribution in [-0.4, -0.2) is 26.1 Å². The topological polar surface area (TPSA) is 101 Å². The lowest BCUT2D eigenvalue weighted by atomic mass is 10.1. The number of hydrogen-bond donors (Lipinski definition) is 2. The van der Waals surface area contributed by atoms with Gasteiger partial charge in [-0.1, -0.05) is 29.4 Å². The molecule has 0 radical (unpaired) electrons. The Morgan fingerprint density at radius 3 is 2.76 bits per heavy atom. The second kappa shape index (κ2) is 8.16. The zero-order chi connectivity index (χ0) is 17.5. The monoisotopic (exact) mass is 338 g/mol. The normalized spacial score (nSPS) is 10.6. The van der Waals surface area contributed by atoms with Crippen LogP contribution in [0.5, 0.6) is 0 Å². The summed E-state index contributed by atoms with van der Waals surface area (Å²) in [6.07, 6.45) is 3.93. The Morgan fingerprint density at radius 1 is 1.16 bits per heavy atom. The number of aliphatic hydroxyl groups is 1. The van der Waals surface area contributed by atoms with E-state index < -0.39 is 0 Å². The summed E-state index contributed by atoms with van der Waals surface area (Å²) in [4.78, 5) is 20.3. The van der Waals surface area contributed by atoms with Crippen molar-refractivity contribution < 1.29 is 14.4 Å². The van der Waals surface area contributed by atoms with Crippen LogP contribution in [0.2, 0.25) is 0 Å². The van der Waals surface area contributed by atoms with Crippen molar-refractivity contribution in [3.05, 3.63) is 65.8 Å². The maximum absolute atomic E-state index is 12.0. The van der Waals surface area contributed by atoms with Gasteiger partial charge in [0.2, 0.25) is 17.6 Å². The third kappa shape index (κ3) is 4.48. The molecule has 7 nitrogen and oxygen atoms in total. The van der Waals surface area contributed by atoms with Gasteiger partial charge in [-0.05, 0) is 23.3 Å². The zero-order valence-corrected chi connectivity index (χ0v) is 13.6. The minimum Gasteiger partial charge on any atom is -0.392 e. The van der Waals surface area contributed by atoms with Crippen LogP contribution in [0.25, 0.3) is 11.4 Å². The summed E-state index contributed by atoms with van der Waals surface area (Å²) < 4.78 is 5.17. The molecule has 25 heavy (non-hydrogen) atoms. The minimum absolute atomic E-state index is 0.0504. The minimum atomic E-state index is -0.117. The summed E-state index contributed by atoms with van der Waals surface area (Å²) in [5.41, 5.74) is 2.47. The molecule has 0 bridgehead atoms. The predicted molar refractivity (Wildman–Crippen MR) is 90.1 cm³/mol. The summed E-state index contributed by atoms with van der Waals surface area (Å²) in [5, 5.41) is 16.0. The van der Waals surface area contributed by atoms with Crippen LogP contribution >= 0.6 is 0 Å². The van der Waals surface area contributed by atoms with Crippen LogP contribution in [0.15, 0.2) is 53.3 Å². The van der Waals surface area contributed by atoms with Crippen LogP contribution < -0.4 is 5.32 Å². The van der Waals surface area contributed by atoms with E-state index in [1.807, 2.05) is 30.3 Å². The van der Waals surface area contributed by atoms with Crippen molar-refractivity contribution >= 4 is 5.91 Å². The lowest BCUT2D eigenvalue weighted by molar-refractivity contribution is -0.121. The van der Waals surface area contributed by atoms with Crippen LogP contribution in [0.1, 0.15) is 23.4 Å². The number of pyridine rings is 1. The Morgan fingerprint density at radius 2 is 2.00 bits per heavy atom. The molecular weight excluding hydrogens is 320 g/mol. The smallest absolute Gasteiger partial charge is 0.227 e. The number of aryl methyl sites for hydroxylation is 1. The van der Waals surface area contributed by atoms with Crippen molar-refractivity contribution in [3.63, 3.8) is 0 Å². The fourth-order valence-corrected chi connectivity index (χ4v) is 2.36. The highest BCUT2D eigenvalue weighted by atomic mass is 16.5. The van der Waals surface area contributed by atoms with Crippen molar-refractivity contribution in [1.82, 2.24) is 20.4 Å². The van der Waals surface area contributed by atoms with Crippen LogP contribution in [-0.2, 0) is 24.4 Å². The first-order valence-electron chi connectivity index (χ1n) is 7.93. The Bertz CT molecular complexity index is 833. The predicted octanol–water partition coefficient (Wildman–Crippen LogP) is 1.87. The van der Waals surface area contributed by atoms with Crippen molar-refractivity contribution in [2.75, 3.05) is 0 Å². The highest BCUT2D eigenvalue weighted by Crippen LogP contribution is 2.14. The standard InChI is InChI=1S/C18H18N4O3/c23-12-15-5-2-1-4-13(15)11-20-16(24)7-8-17-21-18(22-25-17)14-6-3-9-19-10-14/h1-6,9-10,23H,7-8,11-12H2,(H,20,24). The van der Waals surface area contributed by atoms with E-state index in [9.17, 15) is 9.90 Å². The van der Waals surface area contributed by atoms with Gasteiger partial charge in [-0.15, -0.1) is 0 Å². The van der Waals surface area contributed by atoms with Gasteiger partial charge >= 0.3 is 0 Å². The van der Waals surface area contributed by atoms with Gasteiger partial charge in [-0.2, -0.15) is 4.98 Å². The van der Waals surface area contributed by atoms with Gasteiger partial charge < -0.3 is 14.9 Å². The van der Waals surface area contributed by atoms with Crippen molar-refractivity contribution in [2.45, 2.75) is 26.0 Å². The molecule has 3 aromatic rings. The van der Waals surface area contributed by atoms with Gasteiger partial charge in [0.05, 0.1) is 6.61 Å². The number of amides is 1.